The average molecular weight is 506 g/mol. The number of nitrogens with zero attached hydrogens (tertiary/aromatic N) is 1. The third-order valence-electron chi connectivity index (χ3n) is 6.89. The average Bonchev–Trinajstić information content (AvgIpc) is 3.17. The van der Waals surface area contributed by atoms with Gasteiger partial charge in [0, 0.05) is 40.1 Å². The number of unbranched alkanes of at least 4 members (excludes halogenated alkanes) is 1. The fraction of sp³-hybridized carbons (Fsp3) is 0.519. The van der Waals surface area contributed by atoms with Crippen molar-refractivity contribution in [2.75, 3.05) is 39.5 Å². The highest BCUT2D eigenvalue weighted by Crippen LogP contribution is 2.46. The second-order valence-electron chi connectivity index (χ2n) is 9.23. The molecule has 2 aliphatic heterocycles. The van der Waals surface area contributed by atoms with Crippen LogP contribution in [0.4, 0.5) is 0 Å². The first-order chi connectivity index (χ1) is 16.5. The van der Waals surface area contributed by atoms with Crippen LogP contribution in [0.25, 0.3) is 0 Å². The Labute approximate surface area is 212 Å². The molecule has 0 atom stereocenters. The van der Waals surface area contributed by atoms with Crippen LogP contribution in [-0.2, 0) is 21.4 Å². The Morgan fingerprint density at radius 2 is 1.94 bits per heavy atom. The van der Waals surface area contributed by atoms with Crippen molar-refractivity contribution in [3.8, 4) is 11.5 Å². The first-order valence-corrected chi connectivity index (χ1v) is 13.0. The number of hydrogen-bond donors (Lipinski definition) is 0. The lowest BCUT2D eigenvalue weighted by atomic mass is 9.74. The van der Waals surface area contributed by atoms with Crippen molar-refractivity contribution in [1.82, 2.24) is 4.90 Å². The number of fused-ring (bicyclic) bond motifs is 2. The Hall–Kier alpha value is -1.95. The highest BCUT2D eigenvalue weighted by molar-refractivity contribution is 6.35. The van der Waals surface area contributed by atoms with Crippen molar-refractivity contribution in [2.24, 2.45) is 0 Å². The van der Waals surface area contributed by atoms with Gasteiger partial charge in [-0.3, -0.25) is 4.79 Å². The summed E-state index contributed by atoms with van der Waals surface area (Å²) in [6.45, 7) is 6.55. The standard InChI is InChI=1S/C27H33Cl2NO4/c1-2-3-15-33-26(31)8-12-30-13-10-27(11-14-30)19-34-25-18-22(6-7-23(25)27)32-16-9-20-4-5-21(28)17-24(20)29/h4-7,17-18H,2-3,8-16,19H2,1H3. The van der Waals surface area contributed by atoms with Gasteiger partial charge >= 0.3 is 5.97 Å². The van der Waals surface area contributed by atoms with E-state index in [0.717, 1.165) is 62.4 Å². The molecule has 184 valence electrons. The van der Waals surface area contributed by atoms with Crippen LogP contribution in [0.15, 0.2) is 36.4 Å². The van der Waals surface area contributed by atoms with E-state index in [9.17, 15) is 4.79 Å². The maximum atomic E-state index is 11.9. The summed E-state index contributed by atoms with van der Waals surface area (Å²) < 4.78 is 17.4. The Kier molecular flexibility index (Phi) is 8.62. The van der Waals surface area contributed by atoms with Gasteiger partial charge in [0.05, 0.1) is 26.2 Å². The second kappa shape index (κ2) is 11.7. The molecule has 0 N–H and O–H groups in total. The molecule has 5 nitrogen and oxygen atoms in total. The van der Waals surface area contributed by atoms with Crippen molar-refractivity contribution in [2.45, 2.75) is 50.9 Å². The normalized spacial score (nSPS) is 16.8. The summed E-state index contributed by atoms with van der Waals surface area (Å²) in [7, 11) is 0. The number of carbonyl (C=O) groups is 1. The van der Waals surface area contributed by atoms with E-state index in [1.54, 1.807) is 6.07 Å². The van der Waals surface area contributed by atoms with Gasteiger partial charge in [-0.25, -0.2) is 0 Å². The number of piperidine rings is 1. The summed E-state index contributed by atoms with van der Waals surface area (Å²) in [5.41, 5.74) is 2.35. The van der Waals surface area contributed by atoms with Crippen molar-refractivity contribution in [1.29, 1.82) is 0 Å². The second-order valence-corrected chi connectivity index (χ2v) is 10.1. The molecule has 2 aromatic carbocycles. The highest BCUT2D eigenvalue weighted by atomic mass is 35.5. The van der Waals surface area contributed by atoms with E-state index in [0.29, 0.717) is 42.7 Å². The number of esters is 1. The van der Waals surface area contributed by atoms with Crippen LogP contribution < -0.4 is 9.47 Å². The number of likely N-dealkylation sites (tertiary alicyclic amines) is 1. The molecule has 0 aliphatic carbocycles. The van der Waals surface area contributed by atoms with Gasteiger partial charge in [0.1, 0.15) is 11.5 Å². The molecule has 2 aromatic rings. The topological polar surface area (TPSA) is 48.0 Å². The third kappa shape index (κ3) is 6.18. The molecule has 0 amide bonds. The lowest BCUT2D eigenvalue weighted by Crippen LogP contribution is -2.44. The molecule has 0 saturated carbocycles. The maximum absolute atomic E-state index is 11.9. The van der Waals surface area contributed by atoms with Gasteiger partial charge in [-0.05, 0) is 56.1 Å². The fourth-order valence-electron chi connectivity index (χ4n) is 4.72. The molecule has 1 spiro atoms. The van der Waals surface area contributed by atoms with Crippen molar-refractivity contribution >= 4 is 29.2 Å². The Balaban J connectivity index is 1.26. The molecule has 0 radical (unpaired) electrons. The molecule has 7 heteroatoms. The predicted octanol–water partition coefficient (Wildman–Crippen LogP) is 6.07. The minimum atomic E-state index is -0.0888. The lowest BCUT2D eigenvalue weighted by molar-refractivity contribution is -0.144. The van der Waals surface area contributed by atoms with Crippen molar-refractivity contribution in [3.05, 3.63) is 57.6 Å². The first kappa shape index (κ1) is 25.2. The Bertz CT molecular complexity index is 989. The summed E-state index contributed by atoms with van der Waals surface area (Å²) in [5, 5.41) is 1.30. The molecule has 34 heavy (non-hydrogen) atoms. The van der Waals surface area contributed by atoms with E-state index < -0.39 is 0 Å². The molecular formula is C27H33Cl2NO4. The minimum Gasteiger partial charge on any atom is -0.493 e. The van der Waals surface area contributed by atoms with Crippen LogP contribution in [-0.4, -0.2) is 50.3 Å². The number of benzene rings is 2. The highest BCUT2D eigenvalue weighted by Gasteiger charge is 2.43. The van der Waals surface area contributed by atoms with Crippen LogP contribution in [0, 0.1) is 0 Å². The summed E-state index contributed by atoms with van der Waals surface area (Å²) in [6.07, 6.45) is 5.20. The van der Waals surface area contributed by atoms with Crippen LogP contribution in [0.1, 0.15) is 50.2 Å². The van der Waals surface area contributed by atoms with Crippen molar-refractivity contribution < 1.29 is 19.0 Å². The van der Waals surface area contributed by atoms with Crippen molar-refractivity contribution in [3.63, 3.8) is 0 Å². The molecule has 0 aromatic heterocycles. The molecule has 2 heterocycles. The smallest absolute Gasteiger partial charge is 0.307 e. The number of ether oxygens (including phenoxy) is 3. The zero-order valence-electron chi connectivity index (χ0n) is 19.8. The predicted molar refractivity (Wildman–Crippen MR) is 135 cm³/mol. The molecule has 1 fully saturated rings. The third-order valence-corrected chi connectivity index (χ3v) is 7.48. The summed E-state index contributed by atoms with van der Waals surface area (Å²) in [6, 6.07) is 11.7. The van der Waals surface area contributed by atoms with Crippen LogP contribution in [0.2, 0.25) is 10.0 Å². The van der Waals surface area contributed by atoms with Crippen LogP contribution in [0.3, 0.4) is 0 Å². The monoisotopic (exact) mass is 505 g/mol. The largest absolute Gasteiger partial charge is 0.493 e. The van der Waals surface area contributed by atoms with Gasteiger partial charge < -0.3 is 19.1 Å². The molecular weight excluding hydrogens is 473 g/mol. The molecule has 0 unspecified atom stereocenters. The number of rotatable bonds is 10. The van der Waals surface area contributed by atoms with Gasteiger partial charge in [0.25, 0.3) is 0 Å². The summed E-state index contributed by atoms with van der Waals surface area (Å²) in [5.74, 6) is 1.64. The molecule has 1 saturated heterocycles. The van der Waals surface area contributed by atoms with Gasteiger partial charge in [-0.2, -0.15) is 0 Å². The van der Waals surface area contributed by atoms with Crippen LogP contribution in [0.5, 0.6) is 11.5 Å². The number of halogens is 2. The SMILES string of the molecule is CCCCOC(=O)CCN1CCC2(CC1)COc1cc(OCCc3ccc(Cl)cc3Cl)ccc12. The fourth-order valence-corrected chi connectivity index (χ4v) is 5.22. The van der Waals surface area contributed by atoms with E-state index in [2.05, 4.69) is 17.9 Å². The molecule has 4 rings (SSSR count). The quantitative estimate of drug-likeness (QED) is 0.289. The molecule has 0 bridgehead atoms. The van der Waals surface area contributed by atoms with E-state index >= 15 is 0 Å². The summed E-state index contributed by atoms with van der Waals surface area (Å²) >= 11 is 12.2. The first-order valence-electron chi connectivity index (χ1n) is 12.2. The van der Waals surface area contributed by atoms with E-state index in [1.807, 2.05) is 24.3 Å². The van der Waals surface area contributed by atoms with Gasteiger partial charge in [-0.1, -0.05) is 48.7 Å². The Morgan fingerprint density at radius 1 is 1.12 bits per heavy atom. The number of carbonyl (C=O) groups excluding carboxylic acids is 1. The van der Waals surface area contributed by atoms with E-state index in [-0.39, 0.29) is 11.4 Å². The maximum Gasteiger partial charge on any atom is 0.307 e. The zero-order chi connectivity index (χ0) is 24.0. The van der Waals surface area contributed by atoms with Gasteiger partial charge in [-0.15, -0.1) is 0 Å². The van der Waals surface area contributed by atoms with Gasteiger partial charge in [0.2, 0.25) is 0 Å². The summed E-state index contributed by atoms with van der Waals surface area (Å²) in [4.78, 5) is 14.3. The van der Waals surface area contributed by atoms with E-state index in [4.69, 9.17) is 37.4 Å². The Morgan fingerprint density at radius 3 is 2.71 bits per heavy atom. The minimum absolute atomic E-state index is 0.0584. The van der Waals surface area contributed by atoms with Crippen LogP contribution >= 0.6 is 23.2 Å². The number of hydrogen-bond acceptors (Lipinski definition) is 5. The van der Waals surface area contributed by atoms with E-state index in [1.165, 1.54) is 5.56 Å². The lowest BCUT2D eigenvalue weighted by Gasteiger charge is -2.38. The molecule has 2 aliphatic rings. The zero-order valence-corrected chi connectivity index (χ0v) is 21.3. The van der Waals surface area contributed by atoms with Gasteiger partial charge in [0.15, 0.2) is 0 Å².